The summed E-state index contributed by atoms with van der Waals surface area (Å²) < 4.78 is 43.9. The molecule has 4 rings (SSSR count). The summed E-state index contributed by atoms with van der Waals surface area (Å²) in [6.45, 7) is -0.0818. The monoisotopic (exact) mass is 462 g/mol. The molecule has 0 radical (unpaired) electrons. The Balaban J connectivity index is 1.65. The zero-order valence-electron chi connectivity index (χ0n) is 18.5. The van der Waals surface area contributed by atoms with Crippen LogP contribution in [0.3, 0.4) is 0 Å². The number of rotatable bonds is 6. The van der Waals surface area contributed by atoms with Gasteiger partial charge in [0.25, 0.3) is 5.91 Å². The molecule has 178 valence electrons. The Morgan fingerprint density at radius 3 is 2.39 bits per heavy atom. The maximum absolute atomic E-state index is 14.6. The first-order valence-electron chi connectivity index (χ1n) is 11.7. The first-order valence-corrected chi connectivity index (χ1v) is 11.7. The average molecular weight is 463 g/mol. The largest absolute Gasteiger partial charge is 0.425 e. The van der Waals surface area contributed by atoms with Crippen LogP contribution in [0.5, 0.6) is 0 Å². The number of carbonyl (C=O) groups is 3. The minimum Gasteiger partial charge on any atom is -0.330 e. The molecule has 5 nitrogen and oxygen atoms in total. The lowest BCUT2D eigenvalue weighted by Gasteiger charge is -2.34. The van der Waals surface area contributed by atoms with Crippen LogP contribution >= 0.6 is 0 Å². The predicted octanol–water partition coefficient (Wildman–Crippen LogP) is 4.81. The molecule has 1 aromatic rings. The van der Waals surface area contributed by atoms with Crippen molar-refractivity contribution in [3.05, 3.63) is 47.2 Å². The molecule has 1 aliphatic heterocycles. The van der Waals surface area contributed by atoms with E-state index in [1.165, 1.54) is 0 Å². The molecule has 2 aliphatic carbocycles. The van der Waals surface area contributed by atoms with Crippen LogP contribution in [0, 0.1) is 5.92 Å². The van der Waals surface area contributed by atoms with Crippen molar-refractivity contribution in [1.82, 2.24) is 10.2 Å². The number of nitrogens with zero attached hydrogens (tertiary/aromatic N) is 1. The van der Waals surface area contributed by atoms with E-state index in [0.717, 1.165) is 37.0 Å². The van der Waals surface area contributed by atoms with E-state index in [9.17, 15) is 27.6 Å². The molecule has 0 saturated heterocycles. The molecular weight excluding hydrogens is 433 g/mol. The van der Waals surface area contributed by atoms with Gasteiger partial charge in [-0.2, -0.15) is 13.2 Å². The molecule has 1 saturated carbocycles. The van der Waals surface area contributed by atoms with Crippen LogP contribution in [0.2, 0.25) is 0 Å². The topological polar surface area (TPSA) is 66.5 Å². The van der Waals surface area contributed by atoms with E-state index in [1.807, 2.05) is 5.32 Å². The van der Waals surface area contributed by atoms with Crippen molar-refractivity contribution in [2.75, 3.05) is 0 Å². The fourth-order valence-corrected chi connectivity index (χ4v) is 5.42. The SMILES string of the molecule is O=C(CCC1CCCCC1)NC1(C(F)(F)F)C(=O)N(Cc2ccccc2)C2=C1C(=O)CCC2. The Bertz CT molecular complexity index is 951. The van der Waals surface area contributed by atoms with E-state index in [4.69, 9.17) is 0 Å². The average Bonchev–Trinajstić information content (AvgIpc) is 3.03. The third-order valence-corrected chi connectivity index (χ3v) is 7.09. The number of Topliss-reactive ketones (excluding diaryl/α,β-unsaturated/α-hetero) is 1. The lowest BCUT2D eigenvalue weighted by molar-refractivity contribution is -0.194. The van der Waals surface area contributed by atoms with Gasteiger partial charge in [0.1, 0.15) is 0 Å². The van der Waals surface area contributed by atoms with Crippen LogP contribution in [0.1, 0.15) is 69.8 Å². The highest BCUT2D eigenvalue weighted by Gasteiger charge is 2.70. The van der Waals surface area contributed by atoms with Gasteiger partial charge in [0, 0.05) is 18.5 Å². The molecule has 0 spiro atoms. The summed E-state index contributed by atoms with van der Waals surface area (Å²) in [7, 11) is 0. The predicted molar refractivity (Wildman–Crippen MR) is 116 cm³/mol. The number of hydrogen-bond donors (Lipinski definition) is 1. The normalized spacial score (nSPS) is 24.3. The second-order valence-electron chi connectivity index (χ2n) is 9.31. The minimum atomic E-state index is -5.14. The quantitative estimate of drug-likeness (QED) is 0.660. The van der Waals surface area contributed by atoms with Crippen LogP contribution in [0.4, 0.5) is 13.2 Å². The van der Waals surface area contributed by atoms with Gasteiger partial charge in [0.15, 0.2) is 5.78 Å². The lowest BCUT2D eigenvalue weighted by atomic mass is 9.81. The van der Waals surface area contributed by atoms with Crippen molar-refractivity contribution in [1.29, 1.82) is 0 Å². The highest BCUT2D eigenvalue weighted by Crippen LogP contribution is 2.48. The molecule has 1 heterocycles. The molecule has 0 aromatic heterocycles. The van der Waals surface area contributed by atoms with Crippen LogP contribution in [-0.4, -0.2) is 34.2 Å². The second kappa shape index (κ2) is 9.31. The molecule has 3 aliphatic rings. The van der Waals surface area contributed by atoms with Crippen molar-refractivity contribution in [2.45, 2.75) is 82.5 Å². The number of ketones is 1. The Kier molecular flexibility index (Phi) is 6.64. The van der Waals surface area contributed by atoms with E-state index < -0.39 is 34.9 Å². The molecule has 0 bridgehead atoms. The van der Waals surface area contributed by atoms with Gasteiger partial charge in [-0.25, -0.2) is 0 Å². The van der Waals surface area contributed by atoms with Gasteiger partial charge in [-0.15, -0.1) is 0 Å². The summed E-state index contributed by atoms with van der Waals surface area (Å²) in [5.41, 5.74) is -3.16. The molecule has 1 fully saturated rings. The van der Waals surface area contributed by atoms with E-state index in [0.29, 0.717) is 24.3 Å². The zero-order valence-corrected chi connectivity index (χ0v) is 18.5. The Morgan fingerprint density at radius 1 is 1.03 bits per heavy atom. The molecule has 1 N–H and O–H groups in total. The third-order valence-electron chi connectivity index (χ3n) is 7.09. The molecule has 1 unspecified atom stereocenters. The maximum Gasteiger partial charge on any atom is 0.425 e. The summed E-state index contributed by atoms with van der Waals surface area (Å²) in [5, 5.41) is 2.03. The highest BCUT2D eigenvalue weighted by atomic mass is 19.4. The Morgan fingerprint density at radius 2 is 1.73 bits per heavy atom. The minimum absolute atomic E-state index is 0.0684. The van der Waals surface area contributed by atoms with E-state index >= 15 is 0 Å². The van der Waals surface area contributed by atoms with Gasteiger partial charge in [0.2, 0.25) is 11.4 Å². The molecule has 2 amide bonds. The van der Waals surface area contributed by atoms with Crippen LogP contribution in [0.15, 0.2) is 41.6 Å². The third kappa shape index (κ3) is 4.44. The molecule has 1 aromatic carbocycles. The van der Waals surface area contributed by atoms with E-state index in [2.05, 4.69) is 0 Å². The number of halogens is 3. The number of carbonyl (C=O) groups excluding carboxylic acids is 3. The lowest BCUT2D eigenvalue weighted by Crippen LogP contribution is -2.66. The van der Waals surface area contributed by atoms with Gasteiger partial charge < -0.3 is 10.2 Å². The summed E-state index contributed by atoms with van der Waals surface area (Å²) in [6.07, 6.45) is 0.967. The summed E-state index contributed by atoms with van der Waals surface area (Å²) in [4.78, 5) is 40.0. The van der Waals surface area contributed by atoms with E-state index in [1.54, 1.807) is 30.3 Å². The first kappa shape index (κ1) is 23.5. The van der Waals surface area contributed by atoms with Gasteiger partial charge in [0.05, 0.1) is 12.1 Å². The standard InChI is InChI=1S/C25H29F3N2O3/c26-25(27,28)24(29-21(32)15-14-17-8-3-1-4-9-17)22-19(12-7-13-20(22)31)30(23(24)33)16-18-10-5-2-6-11-18/h2,5-6,10-11,17H,1,3-4,7-9,12-16H2,(H,29,32). The highest BCUT2D eigenvalue weighted by molar-refractivity contribution is 6.13. The number of amides is 2. The summed E-state index contributed by atoms with van der Waals surface area (Å²) in [6, 6.07) is 8.68. The number of allylic oxidation sites excluding steroid dienone is 1. The Hall–Kier alpha value is -2.64. The van der Waals surface area contributed by atoms with Gasteiger partial charge in [-0.05, 0) is 30.7 Å². The van der Waals surface area contributed by atoms with Crippen molar-refractivity contribution in [3.63, 3.8) is 0 Å². The van der Waals surface area contributed by atoms with Crippen molar-refractivity contribution in [2.24, 2.45) is 5.92 Å². The fourth-order valence-electron chi connectivity index (χ4n) is 5.42. The molecule has 33 heavy (non-hydrogen) atoms. The summed E-state index contributed by atoms with van der Waals surface area (Å²) >= 11 is 0. The number of hydrogen-bond acceptors (Lipinski definition) is 3. The fraction of sp³-hybridized carbons (Fsp3) is 0.560. The van der Waals surface area contributed by atoms with Gasteiger partial charge in [-0.1, -0.05) is 62.4 Å². The van der Waals surface area contributed by atoms with Gasteiger partial charge >= 0.3 is 6.18 Å². The Labute approximate surface area is 191 Å². The maximum atomic E-state index is 14.6. The van der Waals surface area contributed by atoms with Crippen LogP contribution in [0.25, 0.3) is 0 Å². The second-order valence-corrected chi connectivity index (χ2v) is 9.31. The number of alkyl halides is 3. The zero-order chi connectivity index (χ0) is 23.6. The van der Waals surface area contributed by atoms with Crippen LogP contribution < -0.4 is 5.32 Å². The number of nitrogens with one attached hydrogen (secondary N) is 1. The molecule has 1 atom stereocenters. The first-order chi connectivity index (χ1) is 15.7. The van der Waals surface area contributed by atoms with Crippen LogP contribution in [-0.2, 0) is 20.9 Å². The smallest absolute Gasteiger partial charge is 0.330 e. The van der Waals surface area contributed by atoms with Gasteiger partial charge in [-0.3, -0.25) is 14.4 Å². The van der Waals surface area contributed by atoms with Crippen molar-refractivity contribution >= 4 is 17.6 Å². The van der Waals surface area contributed by atoms with E-state index in [-0.39, 0.29) is 31.5 Å². The number of benzene rings is 1. The van der Waals surface area contributed by atoms with Crippen molar-refractivity contribution in [3.8, 4) is 0 Å². The van der Waals surface area contributed by atoms with Crippen molar-refractivity contribution < 1.29 is 27.6 Å². The molecular formula is C25H29F3N2O3. The molecule has 8 heteroatoms. The summed E-state index contributed by atoms with van der Waals surface area (Å²) in [5.74, 6) is -2.53.